The lowest BCUT2D eigenvalue weighted by Crippen LogP contribution is -2.06. The van der Waals surface area contributed by atoms with Crippen molar-refractivity contribution in [3.63, 3.8) is 0 Å². The summed E-state index contributed by atoms with van der Waals surface area (Å²) in [6.45, 7) is 4.42. The number of anilines is 1. The van der Waals surface area contributed by atoms with Gasteiger partial charge >= 0.3 is 0 Å². The number of rotatable bonds is 3. The van der Waals surface area contributed by atoms with E-state index in [0.717, 1.165) is 17.2 Å². The van der Waals surface area contributed by atoms with Crippen LogP contribution in [0, 0.1) is 13.8 Å². The molecule has 2 rings (SSSR count). The smallest absolute Gasteiger partial charge is 0.223 e. The molecule has 2 aromatic rings. The van der Waals surface area contributed by atoms with Gasteiger partial charge in [-0.1, -0.05) is 0 Å². The number of nitrogens with zero attached hydrogens (tertiary/aromatic N) is 4. The van der Waals surface area contributed by atoms with Gasteiger partial charge in [-0.15, -0.1) is 0 Å². The molecule has 0 aliphatic carbocycles. The summed E-state index contributed by atoms with van der Waals surface area (Å²) in [6.07, 6.45) is 1.47. The highest BCUT2D eigenvalue weighted by molar-refractivity contribution is 5.27. The summed E-state index contributed by atoms with van der Waals surface area (Å²) in [5, 5.41) is 9.58. The lowest BCUT2D eigenvalue weighted by molar-refractivity contribution is 0.925. The first-order valence-electron chi connectivity index (χ1n) is 4.64. The summed E-state index contributed by atoms with van der Waals surface area (Å²) >= 11 is 0. The lowest BCUT2D eigenvalue weighted by Gasteiger charge is -2.04. The molecular formula is C9H12N6. The molecule has 0 aromatic carbocycles. The summed E-state index contributed by atoms with van der Waals surface area (Å²) in [6, 6.07) is 1.93. The van der Waals surface area contributed by atoms with Gasteiger partial charge < -0.3 is 5.32 Å². The Kier molecular flexibility index (Phi) is 2.57. The molecule has 15 heavy (non-hydrogen) atoms. The minimum Gasteiger partial charge on any atom is -0.347 e. The van der Waals surface area contributed by atoms with Crippen LogP contribution in [0.15, 0.2) is 12.4 Å². The molecule has 0 fully saturated rings. The van der Waals surface area contributed by atoms with E-state index in [2.05, 4.69) is 30.5 Å². The van der Waals surface area contributed by atoms with Gasteiger partial charge in [-0.3, -0.25) is 5.10 Å². The van der Waals surface area contributed by atoms with Gasteiger partial charge in [0.05, 0.1) is 6.54 Å². The summed E-state index contributed by atoms with van der Waals surface area (Å²) in [5.74, 6) is 1.38. The highest BCUT2D eigenvalue weighted by Crippen LogP contribution is 2.04. The molecule has 78 valence electrons. The predicted molar refractivity (Wildman–Crippen MR) is 55.2 cm³/mol. The number of aromatic amines is 1. The van der Waals surface area contributed by atoms with Gasteiger partial charge in [0.2, 0.25) is 5.95 Å². The minimum atomic E-state index is 0.545. The average molecular weight is 204 g/mol. The maximum absolute atomic E-state index is 4.25. The zero-order valence-corrected chi connectivity index (χ0v) is 8.65. The molecule has 0 aliphatic rings. The molecule has 6 nitrogen and oxygen atoms in total. The average Bonchev–Trinajstić information content (AvgIpc) is 2.65. The summed E-state index contributed by atoms with van der Waals surface area (Å²) < 4.78 is 0. The van der Waals surface area contributed by atoms with Crippen LogP contribution >= 0.6 is 0 Å². The zero-order chi connectivity index (χ0) is 10.7. The Morgan fingerprint density at radius 1 is 1.27 bits per heavy atom. The molecule has 2 heterocycles. The van der Waals surface area contributed by atoms with Crippen molar-refractivity contribution in [3.8, 4) is 0 Å². The van der Waals surface area contributed by atoms with Gasteiger partial charge in [0, 0.05) is 11.4 Å². The monoisotopic (exact) mass is 204 g/mol. The van der Waals surface area contributed by atoms with Crippen LogP contribution in [0.25, 0.3) is 0 Å². The van der Waals surface area contributed by atoms with E-state index in [4.69, 9.17) is 0 Å². The van der Waals surface area contributed by atoms with E-state index in [0.29, 0.717) is 12.5 Å². The molecule has 0 bridgehead atoms. The number of H-pyrrole nitrogens is 1. The fourth-order valence-corrected chi connectivity index (χ4v) is 1.28. The Balaban J connectivity index is 2.05. The first kappa shape index (κ1) is 9.57. The molecule has 2 N–H and O–H groups in total. The van der Waals surface area contributed by atoms with Crippen LogP contribution in [0.3, 0.4) is 0 Å². The Bertz CT molecular complexity index is 416. The molecule has 0 aliphatic heterocycles. The van der Waals surface area contributed by atoms with Crippen LogP contribution in [-0.2, 0) is 6.54 Å². The van der Waals surface area contributed by atoms with Crippen LogP contribution in [0.2, 0.25) is 0 Å². The van der Waals surface area contributed by atoms with Crippen molar-refractivity contribution in [2.45, 2.75) is 20.4 Å². The second-order valence-electron chi connectivity index (χ2n) is 3.26. The van der Waals surface area contributed by atoms with Crippen LogP contribution in [0.1, 0.15) is 17.2 Å². The van der Waals surface area contributed by atoms with Crippen molar-refractivity contribution in [1.29, 1.82) is 0 Å². The van der Waals surface area contributed by atoms with Crippen molar-refractivity contribution < 1.29 is 0 Å². The van der Waals surface area contributed by atoms with Crippen LogP contribution < -0.4 is 5.32 Å². The van der Waals surface area contributed by atoms with Crippen molar-refractivity contribution >= 4 is 5.95 Å². The molecule has 0 spiro atoms. The molecule has 0 saturated carbocycles. The van der Waals surface area contributed by atoms with Gasteiger partial charge in [0.1, 0.15) is 12.2 Å². The number of hydrogen-bond acceptors (Lipinski definition) is 5. The molecule has 0 amide bonds. The third-order valence-corrected chi connectivity index (χ3v) is 1.86. The van der Waals surface area contributed by atoms with Crippen LogP contribution in [-0.4, -0.2) is 25.1 Å². The number of aromatic nitrogens is 5. The summed E-state index contributed by atoms with van der Waals surface area (Å²) in [4.78, 5) is 12.5. The topological polar surface area (TPSA) is 79.4 Å². The molecule has 0 radical (unpaired) electrons. The number of hydrogen-bond donors (Lipinski definition) is 2. The van der Waals surface area contributed by atoms with Gasteiger partial charge in [-0.2, -0.15) is 5.10 Å². The Labute approximate surface area is 87.2 Å². The molecule has 6 heteroatoms. The molecule has 2 aromatic heterocycles. The van der Waals surface area contributed by atoms with E-state index in [-0.39, 0.29) is 0 Å². The second kappa shape index (κ2) is 4.04. The molecule has 0 unspecified atom stereocenters. The number of aryl methyl sites for hydroxylation is 2. The fraction of sp³-hybridized carbons (Fsp3) is 0.333. The zero-order valence-electron chi connectivity index (χ0n) is 8.65. The third-order valence-electron chi connectivity index (χ3n) is 1.86. The standard InChI is InChI=1S/C9H12N6/c1-6-3-7(2)14-9(13-6)10-4-8-11-5-12-15-8/h3,5H,4H2,1-2H3,(H,10,13,14)(H,11,12,15). The maximum Gasteiger partial charge on any atom is 0.223 e. The van der Waals surface area contributed by atoms with Gasteiger partial charge in [0.15, 0.2) is 0 Å². The first-order valence-corrected chi connectivity index (χ1v) is 4.64. The molecular weight excluding hydrogens is 192 g/mol. The molecule has 0 atom stereocenters. The van der Waals surface area contributed by atoms with E-state index < -0.39 is 0 Å². The van der Waals surface area contributed by atoms with Crippen LogP contribution in [0.5, 0.6) is 0 Å². The van der Waals surface area contributed by atoms with E-state index in [1.807, 2.05) is 19.9 Å². The Morgan fingerprint density at radius 3 is 2.60 bits per heavy atom. The Morgan fingerprint density at radius 2 is 2.00 bits per heavy atom. The summed E-state index contributed by atoms with van der Waals surface area (Å²) in [7, 11) is 0. The number of nitrogens with one attached hydrogen (secondary N) is 2. The van der Waals surface area contributed by atoms with Crippen molar-refractivity contribution in [2.75, 3.05) is 5.32 Å². The summed E-state index contributed by atoms with van der Waals surface area (Å²) in [5.41, 5.74) is 1.89. The third kappa shape index (κ3) is 2.49. The largest absolute Gasteiger partial charge is 0.347 e. The van der Waals surface area contributed by atoms with Crippen molar-refractivity contribution in [1.82, 2.24) is 25.1 Å². The van der Waals surface area contributed by atoms with Gasteiger partial charge in [-0.25, -0.2) is 15.0 Å². The fourth-order valence-electron chi connectivity index (χ4n) is 1.28. The van der Waals surface area contributed by atoms with E-state index in [1.54, 1.807) is 0 Å². The van der Waals surface area contributed by atoms with Gasteiger partial charge in [-0.05, 0) is 19.9 Å². The predicted octanol–water partition coefficient (Wildman–Crippen LogP) is 0.824. The first-order chi connectivity index (χ1) is 7.24. The van der Waals surface area contributed by atoms with Crippen molar-refractivity contribution in [2.24, 2.45) is 0 Å². The maximum atomic E-state index is 4.25. The van der Waals surface area contributed by atoms with E-state index in [1.165, 1.54) is 6.33 Å². The highest BCUT2D eigenvalue weighted by Gasteiger charge is 2.00. The lowest BCUT2D eigenvalue weighted by atomic mass is 10.4. The van der Waals surface area contributed by atoms with E-state index in [9.17, 15) is 0 Å². The SMILES string of the molecule is Cc1cc(C)nc(NCc2ncn[nH]2)n1. The normalized spacial score (nSPS) is 10.3. The minimum absolute atomic E-state index is 0.545. The van der Waals surface area contributed by atoms with Gasteiger partial charge in [0.25, 0.3) is 0 Å². The van der Waals surface area contributed by atoms with Crippen LogP contribution in [0.4, 0.5) is 5.95 Å². The van der Waals surface area contributed by atoms with E-state index >= 15 is 0 Å². The Hall–Kier alpha value is -1.98. The highest BCUT2D eigenvalue weighted by atomic mass is 15.2. The van der Waals surface area contributed by atoms with Crippen molar-refractivity contribution in [3.05, 3.63) is 29.6 Å². The second-order valence-corrected chi connectivity index (χ2v) is 3.26. The quantitative estimate of drug-likeness (QED) is 0.773. The molecule has 0 saturated heterocycles.